The summed E-state index contributed by atoms with van der Waals surface area (Å²) in [6.45, 7) is 7.42. The van der Waals surface area contributed by atoms with Crippen molar-refractivity contribution in [1.29, 1.82) is 0 Å². The van der Waals surface area contributed by atoms with Crippen LogP contribution in [0.5, 0.6) is 0 Å². The van der Waals surface area contributed by atoms with Gasteiger partial charge in [-0.25, -0.2) is 0 Å². The summed E-state index contributed by atoms with van der Waals surface area (Å²) in [6.07, 6.45) is 3.68. The molecule has 1 N–H and O–H groups in total. The van der Waals surface area contributed by atoms with E-state index in [0.717, 1.165) is 57.2 Å². The first kappa shape index (κ1) is 18.2. The van der Waals surface area contributed by atoms with Crippen LogP contribution in [0.25, 0.3) is 0 Å². The first-order chi connectivity index (χ1) is 10.8. The molecular formula is C18H28ClN3O. The zero-order chi connectivity index (χ0) is 15.2. The molecule has 2 aliphatic rings. The van der Waals surface area contributed by atoms with Gasteiger partial charge in [0.15, 0.2) is 0 Å². The van der Waals surface area contributed by atoms with Crippen LogP contribution >= 0.6 is 12.4 Å². The number of nitrogens with one attached hydrogen (secondary N) is 1. The van der Waals surface area contributed by atoms with Crippen molar-refractivity contribution >= 4 is 18.3 Å². The lowest BCUT2D eigenvalue weighted by atomic mass is 9.97. The van der Waals surface area contributed by atoms with Crippen LogP contribution in [-0.4, -0.2) is 61.5 Å². The molecule has 1 amide bonds. The third-order valence-electron chi connectivity index (χ3n) is 4.87. The van der Waals surface area contributed by atoms with Crippen molar-refractivity contribution in [3.63, 3.8) is 0 Å². The van der Waals surface area contributed by atoms with Gasteiger partial charge in [0.2, 0.25) is 0 Å². The molecule has 5 heteroatoms. The summed E-state index contributed by atoms with van der Waals surface area (Å²) in [7, 11) is 0. The number of halogens is 1. The molecule has 2 aliphatic heterocycles. The fourth-order valence-corrected chi connectivity index (χ4v) is 3.55. The van der Waals surface area contributed by atoms with Gasteiger partial charge < -0.3 is 15.1 Å². The predicted octanol–water partition coefficient (Wildman–Crippen LogP) is 2.26. The van der Waals surface area contributed by atoms with E-state index in [1.807, 2.05) is 35.2 Å². The van der Waals surface area contributed by atoms with E-state index < -0.39 is 0 Å². The highest BCUT2D eigenvalue weighted by atomic mass is 35.5. The van der Waals surface area contributed by atoms with Gasteiger partial charge in [0.1, 0.15) is 0 Å². The van der Waals surface area contributed by atoms with Crippen molar-refractivity contribution in [2.24, 2.45) is 5.92 Å². The Morgan fingerprint density at radius 2 is 1.78 bits per heavy atom. The molecule has 0 spiro atoms. The molecule has 0 saturated carbocycles. The molecule has 0 aliphatic carbocycles. The second-order valence-electron chi connectivity index (χ2n) is 6.51. The van der Waals surface area contributed by atoms with Crippen molar-refractivity contribution in [3.8, 4) is 0 Å². The van der Waals surface area contributed by atoms with E-state index in [-0.39, 0.29) is 18.3 Å². The van der Waals surface area contributed by atoms with Crippen LogP contribution < -0.4 is 5.32 Å². The van der Waals surface area contributed by atoms with Gasteiger partial charge >= 0.3 is 0 Å². The van der Waals surface area contributed by atoms with Crippen molar-refractivity contribution in [3.05, 3.63) is 35.9 Å². The third-order valence-corrected chi connectivity index (χ3v) is 4.87. The molecule has 4 nitrogen and oxygen atoms in total. The molecule has 23 heavy (non-hydrogen) atoms. The second kappa shape index (κ2) is 9.26. The highest BCUT2D eigenvalue weighted by molar-refractivity contribution is 5.94. The Bertz CT molecular complexity index is 476. The summed E-state index contributed by atoms with van der Waals surface area (Å²) < 4.78 is 0. The number of carbonyl (C=O) groups excluding carboxylic acids is 1. The predicted molar refractivity (Wildman–Crippen MR) is 96.2 cm³/mol. The number of amides is 1. The Kier molecular flexibility index (Phi) is 7.34. The fraction of sp³-hybridized carbons (Fsp3) is 0.611. The maximum absolute atomic E-state index is 12.5. The lowest BCUT2D eigenvalue weighted by molar-refractivity contribution is 0.0760. The number of rotatable bonds is 3. The third kappa shape index (κ3) is 5.20. The summed E-state index contributed by atoms with van der Waals surface area (Å²) in [5.74, 6) is 1.02. The van der Waals surface area contributed by atoms with E-state index in [2.05, 4.69) is 10.2 Å². The average Bonchev–Trinajstić information content (AvgIpc) is 2.82. The fourth-order valence-electron chi connectivity index (χ4n) is 3.55. The van der Waals surface area contributed by atoms with Crippen molar-refractivity contribution < 1.29 is 4.79 Å². The summed E-state index contributed by atoms with van der Waals surface area (Å²) in [5, 5.41) is 3.43. The zero-order valence-electron chi connectivity index (χ0n) is 13.7. The molecule has 0 atom stereocenters. The van der Waals surface area contributed by atoms with Crippen molar-refractivity contribution in [2.75, 3.05) is 45.8 Å². The number of nitrogens with zero attached hydrogens (tertiary/aromatic N) is 2. The van der Waals surface area contributed by atoms with Crippen molar-refractivity contribution in [2.45, 2.75) is 19.3 Å². The molecule has 2 heterocycles. The van der Waals surface area contributed by atoms with Gasteiger partial charge in [0.05, 0.1) is 0 Å². The molecule has 3 rings (SSSR count). The highest BCUT2D eigenvalue weighted by Gasteiger charge is 2.22. The topological polar surface area (TPSA) is 35.6 Å². The summed E-state index contributed by atoms with van der Waals surface area (Å²) in [5.41, 5.74) is 0.814. The minimum Gasteiger partial charge on any atom is -0.337 e. The maximum Gasteiger partial charge on any atom is 0.253 e. The minimum absolute atomic E-state index is 0. The van der Waals surface area contributed by atoms with Gasteiger partial charge in [-0.3, -0.25) is 4.79 Å². The van der Waals surface area contributed by atoms with Gasteiger partial charge in [-0.15, -0.1) is 12.4 Å². The average molecular weight is 338 g/mol. The van der Waals surface area contributed by atoms with Gasteiger partial charge in [0.25, 0.3) is 5.91 Å². The van der Waals surface area contributed by atoms with Crippen LogP contribution in [0.4, 0.5) is 0 Å². The van der Waals surface area contributed by atoms with E-state index in [0.29, 0.717) is 0 Å². The first-order valence-electron chi connectivity index (χ1n) is 8.60. The molecule has 1 aromatic carbocycles. The minimum atomic E-state index is 0. The smallest absolute Gasteiger partial charge is 0.253 e. The van der Waals surface area contributed by atoms with Crippen molar-refractivity contribution in [1.82, 2.24) is 15.1 Å². The Balaban J connectivity index is 0.00000192. The number of piperidine rings is 1. The summed E-state index contributed by atoms with van der Waals surface area (Å²) in [4.78, 5) is 17.1. The second-order valence-corrected chi connectivity index (χ2v) is 6.51. The quantitative estimate of drug-likeness (QED) is 0.919. The maximum atomic E-state index is 12.5. The normalized spacial score (nSPS) is 20.6. The summed E-state index contributed by atoms with van der Waals surface area (Å²) >= 11 is 0. The van der Waals surface area contributed by atoms with Gasteiger partial charge in [-0.2, -0.15) is 0 Å². The Hall–Kier alpha value is -1.10. The summed E-state index contributed by atoms with van der Waals surface area (Å²) in [6, 6.07) is 9.67. The largest absolute Gasteiger partial charge is 0.337 e. The Morgan fingerprint density at radius 3 is 2.52 bits per heavy atom. The standard InChI is InChI=1S/C18H27N3O.ClH/c22-18(17-5-2-1-3-6-17)21-12-4-11-20(13-14-21)15-16-7-9-19-10-8-16;/h1-3,5-6,16,19H,4,7-15H2;1H. The van der Waals surface area contributed by atoms with E-state index in [4.69, 9.17) is 0 Å². The number of hydrogen-bond donors (Lipinski definition) is 1. The lowest BCUT2D eigenvalue weighted by Gasteiger charge is -2.29. The van der Waals surface area contributed by atoms with Gasteiger partial charge in [-0.1, -0.05) is 18.2 Å². The van der Waals surface area contributed by atoms with Gasteiger partial charge in [0, 0.05) is 31.7 Å². The van der Waals surface area contributed by atoms with Crippen LogP contribution in [0.15, 0.2) is 30.3 Å². The molecule has 0 aromatic heterocycles. The molecule has 2 fully saturated rings. The van der Waals surface area contributed by atoms with E-state index in [1.54, 1.807) is 0 Å². The molecule has 2 saturated heterocycles. The molecule has 0 radical (unpaired) electrons. The monoisotopic (exact) mass is 337 g/mol. The van der Waals surface area contributed by atoms with E-state index in [1.165, 1.54) is 19.4 Å². The number of benzene rings is 1. The molecule has 128 valence electrons. The number of hydrogen-bond acceptors (Lipinski definition) is 3. The van der Waals surface area contributed by atoms with Gasteiger partial charge in [-0.05, 0) is 56.9 Å². The molecular weight excluding hydrogens is 310 g/mol. The van der Waals surface area contributed by atoms with E-state index in [9.17, 15) is 4.79 Å². The van der Waals surface area contributed by atoms with E-state index >= 15 is 0 Å². The SMILES string of the molecule is Cl.O=C(c1ccccc1)N1CCCN(CC2CCNCC2)CC1. The lowest BCUT2D eigenvalue weighted by Crippen LogP contribution is -2.39. The zero-order valence-corrected chi connectivity index (χ0v) is 14.6. The highest BCUT2D eigenvalue weighted by Crippen LogP contribution is 2.15. The van der Waals surface area contributed by atoms with Crippen LogP contribution in [0.2, 0.25) is 0 Å². The van der Waals surface area contributed by atoms with Crippen LogP contribution in [0.1, 0.15) is 29.6 Å². The molecule has 0 unspecified atom stereocenters. The van der Waals surface area contributed by atoms with Crippen LogP contribution in [-0.2, 0) is 0 Å². The first-order valence-corrected chi connectivity index (χ1v) is 8.60. The van der Waals surface area contributed by atoms with Crippen LogP contribution in [0, 0.1) is 5.92 Å². The Labute approximate surface area is 145 Å². The van der Waals surface area contributed by atoms with Crippen LogP contribution in [0.3, 0.4) is 0 Å². The number of carbonyl (C=O) groups is 1. The Morgan fingerprint density at radius 1 is 1.04 bits per heavy atom. The molecule has 0 bridgehead atoms. The molecule has 1 aromatic rings.